The molecule has 1 aromatic carbocycles. The molecule has 0 aromatic heterocycles. The number of para-hydroxylation sites is 1. The van der Waals surface area contributed by atoms with E-state index in [2.05, 4.69) is 14.9 Å². The van der Waals surface area contributed by atoms with Gasteiger partial charge >= 0.3 is 5.97 Å². The van der Waals surface area contributed by atoms with E-state index in [0.717, 1.165) is 0 Å². The van der Waals surface area contributed by atoms with E-state index in [4.69, 9.17) is 5.73 Å². The number of aromatic hydroxyl groups is 1. The van der Waals surface area contributed by atoms with Crippen LogP contribution in [-0.2, 0) is 4.74 Å². The Labute approximate surface area is 109 Å². The van der Waals surface area contributed by atoms with Gasteiger partial charge < -0.3 is 15.6 Å². The van der Waals surface area contributed by atoms with E-state index in [1.165, 1.54) is 31.2 Å². The van der Waals surface area contributed by atoms with E-state index < -0.39 is 5.97 Å². The van der Waals surface area contributed by atoms with Crippen LogP contribution >= 0.6 is 11.8 Å². The molecule has 1 aromatic rings. The zero-order valence-corrected chi connectivity index (χ0v) is 10.8. The summed E-state index contributed by atoms with van der Waals surface area (Å²) in [7, 11) is 1.25. The largest absolute Gasteiger partial charge is 0.506 e. The van der Waals surface area contributed by atoms with Crippen LogP contribution in [0.4, 0.5) is 0 Å². The quantitative estimate of drug-likeness (QED) is 0.290. The van der Waals surface area contributed by atoms with Gasteiger partial charge in [-0.3, -0.25) is 0 Å². The summed E-state index contributed by atoms with van der Waals surface area (Å²) in [6.45, 7) is 0. The highest BCUT2D eigenvalue weighted by Crippen LogP contribution is 2.20. The van der Waals surface area contributed by atoms with Crippen LogP contribution in [0.25, 0.3) is 0 Å². The molecule has 0 heterocycles. The van der Waals surface area contributed by atoms with Gasteiger partial charge in [0.2, 0.25) is 11.4 Å². The predicted molar refractivity (Wildman–Crippen MR) is 70.7 cm³/mol. The number of hydrogen-bond acceptors (Lipinski definition) is 5. The minimum atomic E-state index is -0.602. The molecule has 0 aliphatic carbocycles. The second-order valence-electron chi connectivity index (χ2n) is 3.16. The molecule has 0 saturated heterocycles. The Balaban J connectivity index is 3.01. The lowest BCUT2D eigenvalue weighted by molar-refractivity contribution is -0.456. The number of nitrogens with zero attached hydrogens (tertiary/aromatic N) is 1. The van der Waals surface area contributed by atoms with E-state index in [0.29, 0.717) is 10.7 Å². The van der Waals surface area contributed by atoms with Crippen molar-refractivity contribution in [3.63, 3.8) is 0 Å². The zero-order chi connectivity index (χ0) is 13.5. The average Bonchev–Trinajstić information content (AvgIpc) is 2.39. The van der Waals surface area contributed by atoms with Gasteiger partial charge in [-0.15, -0.1) is 5.10 Å². The van der Waals surface area contributed by atoms with Crippen LogP contribution < -0.4 is 10.8 Å². The number of hydrogen-bond donors (Lipinski definition) is 3. The van der Waals surface area contributed by atoms with E-state index >= 15 is 0 Å². The third-order valence-corrected chi connectivity index (χ3v) is 2.59. The van der Waals surface area contributed by atoms with Gasteiger partial charge in [0.15, 0.2) is 0 Å². The maximum absolute atomic E-state index is 11.3. The fourth-order valence-electron chi connectivity index (χ4n) is 1.16. The number of esters is 1. The highest BCUT2D eigenvalue weighted by atomic mass is 32.2. The average molecular weight is 268 g/mol. The third-order valence-electron chi connectivity index (χ3n) is 2.08. The van der Waals surface area contributed by atoms with Crippen LogP contribution in [0.15, 0.2) is 23.3 Å². The van der Waals surface area contributed by atoms with Crippen molar-refractivity contribution in [3.05, 3.63) is 29.3 Å². The molecule has 0 radical (unpaired) electrons. The summed E-state index contributed by atoms with van der Waals surface area (Å²) in [5.74, 6) is -0.773. The standard InChI is InChI=1S/C11H13N3O3S/c1-17-10(16)8-5-3-4-7(9(8)15)6-13-14-11(12)18-2/h3-6,15H,1-2H3,(H2,12,14)/p+1/b13-6+. The second-order valence-corrected chi connectivity index (χ2v) is 3.99. The summed E-state index contributed by atoms with van der Waals surface area (Å²) >= 11 is 1.28. The maximum Gasteiger partial charge on any atom is 0.341 e. The molecule has 0 spiro atoms. The lowest BCUT2D eigenvalue weighted by atomic mass is 10.1. The summed E-state index contributed by atoms with van der Waals surface area (Å²) in [5, 5.41) is 16.6. The molecule has 0 atom stereocenters. The van der Waals surface area contributed by atoms with Crippen LogP contribution in [0.1, 0.15) is 15.9 Å². The number of methoxy groups -OCH3 is 1. The molecule has 0 amide bonds. The van der Waals surface area contributed by atoms with Gasteiger partial charge in [-0.2, -0.15) is 0 Å². The number of carbonyl (C=O) groups is 1. The van der Waals surface area contributed by atoms with Crippen LogP contribution in [-0.4, -0.2) is 35.8 Å². The summed E-state index contributed by atoms with van der Waals surface area (Å²) < 4.78 is 4.55. The summed E-state index contributed by atoms with van der Waals surface area (Å²) in [5.41, 5.74) is 5.97. The number of nitrogens with one attached hydrogen (secondary N) is 1. The number of rotatable bonds is 3. The second kappa shape index (κ2) is 6.65. The van der Waals surface area contributed by atoms with Gasteiger partial charge in [0.05, 0.1) is 12.7 Å². The SMILES string of the molecule is COC(=O)c1cccc(/C=[NH+]/N=C(N)SC)c1O. The van der Waals surface area contributed by atoms with E-state index in [1.807, 2.05) is 0 Å². The first-order chi connectivity index (χ1) is 8.60. The number of thioether (sulfide) groups is 1. The van der Waals surface area contributed by atoms with E-state index in [9.17, 15) is 9.90 Å². The fraction of sp³-hybridized carbons (Fsp3) is 0.182. The van der Waals surface area contributed by atoms with Gasteiger partial charge in [0.1, 0.15) is 11.3 Å². The van der Waals surface area contributed by atoms with Crippen molar-refractivity contribution >= 4 is 29.1 Å². The minimum absolute atomic E-state index is 0.0925. The van der Waals surface area contributed by atoms with Crippen molar-refractivity contribution in [3.8, 4) is 5.75 Å². The van der Waals surface area contributed by atoms with Gasteiger partial charge in [-0.25, -0.2) is 4.79 Å². The first-order valence-electron chi connectivity index (χ1n) is 4.96. The number of nitrogens with two attached hydrogens (primary N) is 1. The molecule has 0 aliphatic rings. The van der Waals surface area contributed by atoms with Gasteiger partial charge in [0.25, 0.3) is 0 Å². The number of phenolic OH excluding ortho intramolecular Hbond substituents is 1. The van der Waals surface area contributed by atoms with Crippen molar-refractivity contribution in [2.75, 3.05) is 13.4 Å². The molecule has 0 aliphatic heterocycles. The Morgan fingerprint density at radius 3 is 2.94 bits per heavy atom. The van der Waals surface area contributed by atoms with Gasteiger partial charge in [-0.05, 0) is 18.4 Å². The van der Waals surface area contributed by atoms with Crippen LogP contribution in [0, 0.1) is 0 Å². The Bertz CT molecular complexity index is 500. The summed E-state index contributed by atoms with van der Waals surface area (Å²) in [6.07, 6.45) is 3.22. The molecule has 6 nitrogen and oxygen atoms in total. The molecule has 0 fully saturated rings. The Kier molecular flexibility index (Phi) is 5.19. The van der Waals surface area contributed by atoms with Crippen LogP contribution in [0.5, 0.6) is 5.75 Å². The number of ether oxygens (including phenoxy) is 1. The fourth-order valence-corrected chi connectivity index (χ4v) is 1.31. The van der Waals surface area contributed by atoms with Crippen LogP contribution in [0.3, 0.4) is 0 Å². The summed E-state index contributed by atoms with van der Waals surface area (Å²) in [6, 6.07) is 4.72. The minimum Gasteiger partial charge on any atom is -0.506 e. The van der Waals surface area contributed by atoms with Crippen molar-refractivity contribution in [2.24, 2.45) is 10.8 Å². The van der Waals surface area contributed by atoms with Crippen molar-refractivity contribution in [1.29, 1.82) is 0 Å². The normalized spacial score (nSPS) is 11.8. The van der Waals surface area contributed by atoms with Gasteiger partial charge in [-0.1, -0.05) is 17.8 Å². The number of amidine groups is 1. The molecule has 0 bridgehead atoms. The van der Waals surface area contributed by atoms with Gasteiger partial charge in [0, 0.05) is 5.10 Å². The first kappa shape index (κ1) is 14.0. The smallest absolute Gasteiger partial charge is 0.341 e. The Morgan fingerprint density at radius 1 is 1.61 bits per heavy atom. The highest BCUT2D eigenvalue weighted by Gasteiger charge is 2.14. The monoisotopic (exact) mass is 268 g/mol. The molecule has 1 rings (SSSR count). The molecule has 18 heavy (non-hydrogen) atoms. The maximum atomic E-state index is 11.3. The highest BCUT2D eigenvalue weighted by molar-refractivity contribution is 8.13. The molecular weight excluding hydrogens is 254 g/mol. The molecule has 4 N–H and O–H groups in total. The molecular formula is C11H14N3O3S+. The molecule has 0 unspecified atom stereocenters. The Hall–Kier alpha value is -2.02. The van der Waals surface area contributed by atoms with Crippen LogP contribution in [0.2, 0.25) is 0 Å². The first-order valence-corrected chi connectivity index (χ1v) is 6.18. The van der Waals surface area contributed by atoms with Crippen molar-refractivity contribution in [2.45, 2.75) is 0 Å². The lowest BCUT2D eigenvalue weighted by Crippen LogP contribution is -2.62. The lowest BCUT2D eigenvalue weighted by Gasteiger charge is -2.02. The van der Waals surface area contributed by atoms with Crippen molar-refractivity contribution in [1.82, 2.24) is 0 Å². The number of phenols is 1. The summed E-state index contributed by atoms with van der Waals surface area (Å²) in [4.78, 5) is 11.3. The molecule has 7 heteroatoms. The predicted octanol–water partition coefficient (Wildman–Crippen LogP) is -0.729. The molecule has 0 saturated carbocycles. The van der Waals surface area contributed by atoms with E-state index in [-0.39, 0.29) is 11.3 Å². The Morgan fingerprint density at radius 2 is 2.33 bits per heavy atom. The number of benzene rings is 1. The third kappa shape index (κ3) is 3.49. The molecule has 96 valence electrons. The zero-order valence-electron chi connectivity index (χ0n) is 10.0. The van der Waals surface area contributed by atoms with E-state index in [1.54, 1.807) is 18.4 Å². The number of hydrazone groups is 1. The van der Waals surface area contributed by atoms with Crippen molar-refractivity contribution < 1.29 is 19.7 Å². The number of carbonyl (C=O) groups excluding carboxylic acids is 1. The topological polar surface area (TPSA) is 98.9 Å².